The third-order valence-electron chi connectivity index (χ3n) is 3.39. The van der Waals surface area contributed by atoms with Gasteiger partial charge in [0.1, 0.15) is 0 Å². The van der Waals surface area contributed by atoms with Crippen molar-refractivity contribution in [2.24, 2.45) is 0 Å². The summed E-state index contributed by atoms with van der Waals surface area (Å²) in [7, 11) is 0. The van der Waals surface area contributed by atoms with E-state index >= 15 is 0 Å². The third-order valence-corrected chi connectivity index (χ3v) is 6.50. The Balaban J connectivity index is 1.38. The number of nitrogens with one attached hydrogen (secondary N) is 1. The van der Waals surface area contributed by atoms with Gasteiger partial charge in [0.25, 0.3) is 0 Å². The van der Waals surface area contributed by atoms with E-state index in [1.54, 1.807) is 6.07 Å². The van der Waals surface area contributed by atoms with Crippen LogP contribution in [0.3, 0.4) is 0 Å². The Morgan fingerprint density at radius 1 is 1.12 bits per heavy atom. The van der Waals surface area contributed by atoms with E-state index in [9.17, 15) is 4.79 Å². The van der Waals surface area contributed by atoms with Crippen LogP contribution in [0.25, 0.3) is 21.6 Å². The molecule has 0 unspecified atom stereocenters. The monoisotopic (exact) mass is 418 g/mol. The van der Waals surface area contributed by atoms with Gasteiger partial charge in [-0.05, 0) is 35.8 Å². The summed E-state index contributed by atoms with van der Waals surface area (Å²) >= 11 is 10.2. The predicted molar refractivity (Wildman–Crippen MR) is 109 cm³/mol. The lowest BCUT2D eigenvalue weighted by atomic mass is 10.2. The standard InChI is InChI=1S/C17H11ClN4OS3/c18-11-6-2-1-5-10(11)15-21-17(26-22-15)24-9-14(23)20-16-19-12-7-3-4-8-13(12)25-16/h1-8H,9H2,(H,19,20,23). The third kappa shape index (κ3) is 3.88. The summed E-state index contributed by atoms with van der Waals surface area (Å²) < 4.78 is 6.09. The fraction of sp³-hybridized carbons (Fsp3) is 0.0588. The van der Waals surface area contributed by atoms with Gasteiger partial charge in [-0.1, -0.05) is 59.0 Å². The molecular formula is C17H11ClN4OS3. The van der Waals surface area contributed by atoms with Gasteiger partial charge in [0.15, 0.2) is 15.3 Å². The number of hydrogen-bond acceptors (Lipinski definition) is 7. The number of thiazole rings is 1. The van der Waals surface area contributed by atoms with Crippen molar-refractivity contribution >= 4 is 67.5 Å². The molecule has 130 valence electrons. The van der Waals surface area contributed by atoms with E-state index in [1.807, 2.05) is 42.5 Å². The van der Waals surface area contributed by atoms with Gasteiger partial charge in [-0.25, -0.2) is 9.97 Å². The smallest absolute Gasteiger partial charge is 0.236 e. The molecule has 4 rings (SSSR count). The number of anilines is 1. The highest BCUT2D eigenvalue weighted by molar-refractivity contribution is 8.01. The van der Waals surface area contributed by atoms with Gasteiger partial charge in [-0.15, -0.1) is 0 Å². The summed E-state index contributed by atoms with van der Waals surface area (Å²) in [5, 5.41) is 4.04. The maximum Gasteiger partial charge on any atom is 0.236 e. The molecular weight excluding hydrogens is 408 g/mol. The van der Waals surface area contributed by atoms with E-state index in [4.69, 9.17) is 11.6 Å². The van der Waals surface area contributed by atoms with Crippen LogP contribution in [0.1, 0.15) is 0 Å². The van der Waals surface area contributed by atoms with Crippen LogP contribution in [0.15, 0.2) is 52.9 Å². The maximum absolute atomic E-state index is 12.2. The molecule has 0 aliphatic carbocycles. The number of carbonyl (C=O) groups excluding carboxylic acids is 1. The maximum atomic E-state index is 12.2. The number of rotatable bonds is 5. The van der Waals surface area contributed by atoms with Crippen LogP contribution in [0, 0.1) is 0 Å². The summed E-state index contributed by atoms with van der Waals surface area (Å²) in [5.74, 6) is 0.700. The van der Waals surface area contributed by atoms with Crippen molar-refractivity contribution < 1.29 is 4.79 Å². The zero-order chi connectivity index (χ0) is 17.9. The van der Waals surface area contributed by atoms with E-state index in [1.165, 1.54) is 34.6 Å². The van der Waals surface area contributed by atoms with E-state index in [2.05, 4.69) is 19.7 Å². The van der Waals surface area contributed by atoms with Crippen molar-refractivity contribution in [3.05, 3.63) is 53.6 Å². The van der Waals surface area contributed by atoms with Gasteiger partial charge < -0.3 is 5.32 Å². The summed E-state index contributed by atoms with van der Waals surface area (Å²) in [6.07, 6.45) is 0. The van der Waals surface area contributed by atoms with Crippen LogP contribution in [0.2, 0.25) is 5.02 Å². The second kappa shape index (κ2) is 7.71. The predicted octanol–water partition coefficient (Wildman–Crippen LogP) is 5.20. The van der Waals surface area contributed by atoms with Crippen LogP contribution in [0.5, 0.6) is 0 Å². The van der Waals surface area contributed by atoms with Gasteiger partial charge in [0.2, 0.25) is 5.91 Å². The number of thioether (sulfide) groups is 1. The number of para-hydroxylation sites is 1. The molecule has 2 aromatic heterocycles. The Hall–Kier alpha value is -2.00. The minimum absolute atomic E-state index is 0.122. The normalized spacial score (nSPS) is 11.0. The molecule has 0 saturated carbocycles. The lowest BCUT2D eigenvalue weighted by Crippen LogP contribution is -2.13. The van der Waals surface area contributed by atoms with Gasteiger partial charge >= 0.3 is 0 Å². The molecule has 0 saturated heterocycles. The number of benzene rings is 2. The van der Waals surface area contributed by atoms with Crippen molar-refractivity contribution in [2.75, 3.05) is 11.1 Å². The van der Waals surface area contributed by atoms with Crippen molar-refractivity contribution in [2.45, 2.75) is 4.34 Å². The average Bonchev–Trinajstić information content (AvgIpc) is 3.26. The van der Waals surface area contributed by atoms with Crippen LogP contribution in [0.4, 0.5) is 5.13 Å². The van der Waals surface area contributed by atoms with Crippen LogP contribution in [-0.4, -0.2) is 26.0 Å². The summed E-state index contributed by atoms with van der Waals surface area (Å²) in [6, 6.07) is 15.2. The fourth-order valence-electron chi connectivity index (χ4n) is 2.23. The number of halogens is 1. The number of carbonyl (C=O) groups is 1. The quantitative estimate of drug-likeness (QED) is 0.451. The lowest BCUT2D eigenvalue weighted by Gasteiger charge is -1.99. The molecule has 0 bridgehead atoms. The Kier molecular flexibility index (Phi) is 5.16. The zero-order valence-corrected chi connectivity index (χ0v) is 16.4. The Labute approximate surface area is 166 Å². The minimum atomic E-state index is -0.122. The van der Waals surface area contributed by atoms with E-state index in [0.29, 0.717) is 16.0 Å². The summed E-state index contributed by atoms with van der Waals surface area (Å²) in [6.45, 7) is 0. The molecule has 0 atom stereocenters. The molecule has 26 heavy (non-hydrogen) atoms. The highest BCUT2D eigenvalue weighted by atomic mass is 35.5. The minimum Gasteiger partial charge on any atom is -0.301 e. The molecule has 4 aromatic rings. The average molecular weight is 419 g/mol. The molecule has 9 heteroatoms. The van der Waals surface area contributed by atoms with E-state index in [-0.39, 0.29) is 11.7 Å². The number of hydrogen-bond donors (Lipinski definition) is 1. The Bertz CT molecular complexity index is 1050. The molecule has 1 amide bonds. The molecule has 0 spiro atoms. The van der Waals surface area contributed by atoms with E-state index in [0.717, 1.165) is 20.1 Å². The second-order valence-corrected chi connectivity index (χ2v) is 8.60. The van der Waals surface area contributed by atoms with Gasteiger partial charge in [-0.3, -0.25) is 4.79 Å². The van der Waals surface area contributed by atoms with Gasteiger partial charge in [0, 0.05) is 5.56 Å². The number of nitrogens with zero attached hydrogens (tertiary/aromatic N) is 3. The fourth-order valence-corrected chi connectivity index (χ4v) is 4.74. The largest absolute Gasteiger partial charge is 0.301 e. The molecule has 0 aliphatic heterocycles. The molecule has 2 heterocycles. The van der Waals surface area contributed by atoms with Crippen LogP contribution >= 0.6 is 46.2 Å². The van der Waals surface area contributed by atoms with E-state index < -0.39 is 0 Å². The molecule has 0 fully saturated rings. The first-order valence-corrected chi connectivity index (χ1v) is 10.5. The van der Waals surface area contributed by atoms with Crippen LogP contribution in [-0.2, 0) is 4.79 Å². The first kappa shape index (κ1) is 17.4. The van der Waals surface area contributed by atoms with Gasteiger partial charge in [0.05, 0.1) is 21.0 Å². The molecule has 5 nitrogen and oxygen atoms in total. The first-order valence-electron chi connectivity index (χ1n) is 7.56. The highest BCUT2D eigenvalue weighted by Crippen LogP contribution is 2.30. The highest BCUT2D eigenvalue weighted by Gasteiger charge is 2.13. The SMILES string of the molecule is O=C(CSc1nc(-c2ccccc2Cl)ns1)Nc1nc2ccccc2s1. The molecule has 2 aromatic carbocycles. The molecule has 1 N–H and O–H groups in total. The van der Waals surface area contributed by atoms with Crippen molar-refractivity contribution in [3.8, 4) is 11.4 Å². The lowest BCUT2D eigenvalue weighted by molar-refractivity contribution is -0.113. The van der Waals surface area contributed by atoms with Crippen molar-refractivity contribution in [1.29, 1.82) is 0 Å². The second-order valence-electron chi connectivity index (χ2n) is 5.19. The molecule has 0 radical (unpaired) electrons. The number of aromatic nitrogens is 3. The number of fused-ring (bicyclic) bond motifs is 1. The number of amides is 1. The van der Waals surface area contributed by atoms with Crippen molar-refractivity contribution in [1.82, 2.24) is 14.3 Å². The topological polar surface area (TPSA) is 67.8 Å². The first-order chi connectivity index (χ1) is 12.7. The zero-order valence-electron chi connectivity index (χ0n) is 13.2. The van der Waals surface area contributed by atoms with Gasteiger partial charge in [-0.2, -0.15) is 4.37 Å². The summed E-state index contributed by atoms with van der Waals surface area (Å²) in [5.41, 5.74) is 1.67. The summed E-state index contributed by atoms with van der Waals surface area (Å²) in [4.78, 5) is 21.0. The Morgan fingerprint density at radius 3 is 2.77 bits per heavy atom. The van der Waals surface area contributed by atoms with Crippen molar-refractivity contribution in [3.63, 3.8) is 0 Å². The Morgan fingerprint density at radius 2 is 1.92 bits per heavy atom. The van der Waals surface area contributed by atoms with Crippen LogP contribution < -0.4 is 5.32 Å². The molecule has 0 aliphatic rings.